The monoisotopic (exact) mass is 441 g/mol. The molecular weight excluding hydrogens is 420 g/mol. The number of aliphatic hydroxyl groups excluding tert-OH is 1. The van der Waals surface area contributed by atoms with Gasteiger partial charge in [0, 0.05) is 25.1 Å². The van der Waals surface area contributed by atoms with Crippen LogP contribution < -0.4 is 5.32 Å². The van der Waals surface area contributed by atoms with Gasteiger partial charge in [0.2, 0.25) is 0 Å². The van der Waals surface area contributed by atoms with Gasteiger partial charge in [-0.3, -0.25) is 9.52 Å². The third-order valence-electron chi connectivity index (χ3n) is 5.42. The maximum atomic E-state index is 14.2. The normalized spacial score (nSPS) is 21.7. The molecule has 0 saturated heterocycles. The molecule has 4 rings (SSSR count). The van der Waals surface area contributed by atoms with Gasteiger partial charge in [0.25, 0.3) is 0 Å². The maximum Gasteiger partial charge on any atom is 0.322 e. The summed E-state index contributed by atoms with van der Waals surface area (Å²) in [6.07, 6.45) is 0.129. The van der Waals surface area contributed by atoms with E-state index in [4.69, 9.17) is 16.4 Å². The van der Waals surface area contributed by atoms with Gasteiger partial charge < -0.3 is 15.3 Å². The Kier molecular flexibility index (Phi) is 5.67. The first kappa shape index (κ1) is 21.0. The molecule has 0 radical (unpaired) electrons. The number of urea groups is 1. The van der Waals surface area contributed by atoms with Gasteiger partial charge >= 0.3 is 6.03 Å². The van der Waals surface area contributed by atoms with Crippen LogP contribution in [0.15, 0.2) is 12.1 Å². The molecule has 8 nitrogen and oxygen atoms in total. The number of nitrogens with zero attached hydrogens (tertiary/aromatic N) is 4. The highest BCUT2D eigenvalue weighted by molar-refractivity contribution is 6.31. The fourth-order valence-corrected chi connectivity index (χ4v) is 4.05. The standard InChI is InChI=1S/C19H22ClF2N5O3/c1-10-5-15-12(16-8-25(2)30-11(9-28)6-27(16)24-15)7-26(10)19(29)23-14-4-3-13(21)17(20)18(14)22/h3-4,10-11,28H,5-9H2,1-2H3,(H,23,29)/t10-,11-/m1/s1. The van der Waals surface area contributed by atoms with Crippen molar-refractivity contribution in [1.82, 2.24) is 19.7 Å². The Bertz CT molecular complexity index is 986. The lowest BCUT2D eigenvalue weighted by atomic mass is 10.00. The van der Waals surface area contributed by atoms with Gasteiger partial charge in [0.15, 0.2) is 5.82 Å². The Morgan fingerprint density at radius 1 is 1.40 bits per heavy atom. The molecule has 162 valence electrons. The minimum atomic E-state index is -1.01. The smallest absolute Gasteiger partial charge is 0.322 e. The summed E-state index contributed by atoms with van der Waals surface area (Å²) in [6, 6.07) is 1.45. The maximum absolute atomic E-state index is 14.2. The van der Waals surface area contributed by atoms with Crippen molar-refractivity contribution in [2.24, 2.45) is 0 Å². The molecule has 2 atom stereocenters. The molecule has 2 aromatic rings. The highest BCUT2D eigenvalue weighted by atomic mass is 35.5. The second-order valence-corrected chi connectivity index (χ2v) is 7.96. The molecule has 3 heterocycles. The third-order valence-corrected chi connectivity index (χ3v) is 5.76. The van der Waals surface area contributed by atoms with Crippen LogP contribution in [0.25, 0.3) is 0 Å². The number of amides is 2. The number of aromatic nitrogens is 2. The summed E-state index contributed by atoms with van der Waals surface area (Å²) < 4.78 is 29.4. The van der Waals surface area contributed by atoms with Crippen molar-refractivity contribution in [3.8, 4) is 0 Å². The molecule has 2 aliphatic heterocycles. The summed E-state index contributed by atoms with van der Waals surface area (Å²) in [5.74, 6) is -1.90. The minimum Gasteiger partial charge on any atom is -0.394 e. The Morgan fingerprint density at radius 2 is 2.17 bits per heavy atom. The van der Waals surface area contributed by atoms with Crippen LogP contribution >= 0.6 is 11.6 Å². The van der Waals surface area contributed by atoms with Gasteiger partial charge in [0.1, 0.15) is 16.9 Å². The Morgan fingerprint density at radius 3 is 2.90 bits per heavy atom. The molecular formula is C19H22ClF2N5O3. The predicted molar refractivity (Wildman–Crippen MR) is 105 cm³/mol. The molecule has 0 unspecified atom stereocenters. The number of rotatable bonds is 2. The second-order valence-electron chi connectivity index (χ2n) is 7.58. The zero-order valence-electron chi connectivity index (χ0n) is 16.5. The van der Waals surface area contributed by atoms with Crippen LogP contribution in [0.1, 0.15) is 23.9 Å². The van der Waals surface area contributed by atoms with Gasteiger partial charge in [-0.05, 0) is 19.1 Å². The van der Waals surface area contributed by atoms with Crippen molar-refractivity contribution in [2.45, 2.75) is 45.1 Å². The number of hydroxylamine groups is 2. The zero-order chi connectivity index (χ0) is 21.6. The van der Waals surface area contributed by atoms with Crippen molar-refractivity contribution in [3.05, 3.63) is 45.7 Å². The van der Waals surface area contributed by atoms with Crippen LogP contribution in [0.4, 0.5) is 19.3 Å². The summed E-state index contributed by atoms with van der Waals surface area (Å²) in [5, 5.41) is 17.6. The summed E-state index contributed by atoms with van der Waals surface area (Å²) >= 11 is 5.61. The van der Waals surface area contributed by atoms with Gasteiger partial charge in [-0.1, -0.05) is 11.6 Å². The first-order chi connectivity index (χ1) is 14.3. The molecule has 30 heavy (non-hydrogen) atoms. The van der Waals surface area contributed by atoms with Crippen LogP contribution in [-0.4, -0.2) is 56.7 Å². The lowest BCUT2D eigenvalue weighted by Crippen LogP contribution is -2.45. The van der Waals surface area contributed by atoms with Crippen LogP contribution in [0.3, 0.4) is 0 Å². The van der Waals surface area contributed by atoms with Gasteiger partial charge in [0.05, 0.1) is 43.3 Å². The molecule has 2 amide bonds. The summed E-state index contributed by atoms with van der Waals surface area (Å²) in [6.45, 7) is 2.89. The fourth-order valence-electron chi connectivity index (χ4n) is 3.88. The van der Waals surface area contributed by atoms with Crippen molar-refractivity contribution < 1.29 is 23.5 Å². The highest BCUT2D eigenvalue weighted by Gasteiger charge is 2.34. The van der Waals surface area contributed by atoms with E-state index in [1.54, 1.807) is 17.0 Å². The zero-order valence-corrected chi connectivity index (χ0v) is 17.3. The number of carbonyl (C=O) groups is 1. The molecule has 0 fully saturated rings. The van der Waals surface area contributed by atoms with E-state index in [0.29, 0.717) is 19.5 Å². The number of fused-ring (bicyclic) bond motifs is 3. The summed E-state index contributed by atoms with van der Waals surface area (Å²) in [4.78, 5) is 20.1. The number of halogens is 3. The molecule has 2 N–H and O–H groups in total. The molecule has 11 heteroatoms. The van der Waals surface area contributed by atoms with Gasteiger partial charge in [-0.2, -0.15) is 10.2 Å². The number of hydrogen-bond acceptors (Lipinski definition) is 5. The van der Waals surface area contributed by atoms with Crippen molar-refractivity contribution >= 4 is 23.3 Å². The Hall–Kier alpha value is -2.27. The largest absolute Gasteiger partial charge is 0.394 e. The average Bonchev–Trinajstić information content (AvgIpc) is 2.93. The van der Waals surface area contributed by atoms with Crippen LogP contribution in [-0.2, 0) is 30.9 Å². The molecule has 0 aliphatic carbocycles. The number of anilines is 1. The van der Waals surface area contributed by atoms with E-state index in [9.17, 15) is 18.7 Å². The minimum absolute atomic E-state index is 0.134. The summed E-state index contributed by atoms with van der Waals surface area (Å²) in [7, 11) is 1.77. The quantitative estimate of drug-likeness (QED) is 0.700. The highest BCUT2D eigenvalue weighted by Crippen LogP contribution is 2.30. The van der Waals surface area contributed by atoms with E-state index < -0.39 is 28.8 Å². The molecule has 1 aromatic carbocycles. The van der Waals surface area contributed by atoms with Crippen molar-refractivity contribution in [2.75, 3.05) is 19.0 Å². The topological polar surface area (TPSA) is 82.9 Å². The van der Waals surface area contributed by atoms with Crippen LogP contribution in [0.5, 0.6) is 0 Å². The van der Waals surface area contributed by atoms with Crippen LogP contribution in [0.2, 0.25) is 5.02 Å². The van der Waals surface area contributed by atoms with E-state index in [0.717, 1.165) is 29.1 Å². The second kappa shape index (κ2) is 8.10. The molecule has 0 bridgehead atoms. The number of benzene rings is 1. The first-order valence-electron chi connectivity index (χ1n) is 9.55. The lowest BCUT2D eigenvalue weighted by Gasteiger charge is -2.33. The average molecular weight is 442 g/mol. The van der Waals surface area contributed by atoms with E-state index in [1.807, 2.05) is 11.6 Å². The van der Waals surface area contributed by atoms with E-state index in [-0.39, 0.29) is 24.9 Å². The third kappa shape index (κ3) is 3.76. The number of nitrogens with one attached hydrogen (secondary N) is 1. The van der Waals surface area contributed by atoms with Gasteiger partial charge in [-0.25, -0.2) is 13.6 Å². The molecule has 0 saturated carbocycles. The van der Waals surface area contributed by atoms with Gasteiger partial charge in [-0.15, -0.1) is 0 Å². The lowest BCUT2D eigenvalue weighted by molar-refractivity contribution is -0.194. The van der Waals surface area contributed by atoms with E-state index >= 15 is 0 Å². The van der Waals surface area contributed by atoms with Crippen molar-refractivity contribution in [1.29, 1.82) is 0 Å². The molecule has 0 spiro atoms. The van der Waals surface area contributed by atoms with Crippen molar-refractivity contribution in [3.63, 3.8) is 0 Å². The van der Waals surface area contributed by atoms with Crippen LogP contribution in [0, 0.1) is 11.6 Å². The van der Waals surface area contributed by atoms with E-state index in [1.165, 1.54) is 0 Å². The first-order valence-corrected chi connectivity index (χ1v) is 9.93. The Balaban J connectivity index is 1.58. The summed E-state index contributed by atoms with van der Waals surface area (Å²) in [5.41, 5.74) is 2.53. The number of hydrogen-bond donors (Lipinski definition) is 2. The number of aliphatic hydroxyl groups is 1. The number of carbonyl (C=O) groups excluding carboxylic acids is 1. The predicted octanol–water partition coefficient (Wildman–Crippen LogP) is 2.53. The SMILES string of the molecule is C[C@@H]1Cc2nn3c(c2CN1C(=O)Nc1ccc(F)c(Cl)c1F)CN(C)O[C@@H](CO)C3. The molecule has 2 aliphatic rings. The van der Waals surface area contributed by atoms with E-state index in [2.05, 4.69) is 10.4 Å². The fraction of sp³-hybridized carbons (Fsp3) is 0.474. The molecule has 1 aromatic heterocycles. The Labute approximate surface area is 176 Å².